The molecule has 0 aromatic heterocycles. The monoisotopic (exact) mass is 434 g/mol. The third kappa shape index (κ3) is 6.08. The molecule has 0 fully saturated rings. The molecule has 27 heavy (non-hydrogen) atoms. The molecule has 1 atom stereocenters. The highest BCUT2D eigenvalue weighted by Crippen LogP contribution is 2.25. The summed E-state index contributed by atoms with van der Waals surface area (Å²) in [5, 5.41) is 8.16. The van der Waals surface area contributed by atoms with Crippen LogP contribution in [-0.4, -0.2) is 32.7 Å². The number of halogens is 2. The average molecular weight is 435 g/mol. The molecule has 0 spiro atoms. The zero-order valence-corrected chi connectivity index (χ0v) is 16.2. The van der Waals surface area contributed by atoms with Crippen LogP contribution in [0.25, 0.3) is 0 Å². The molecule has 1 unspecified atom stereocenters. The molecule has 0 aliphatic rings. The molecule has 3 N–H and O–H groups in total. The van der Waals surface area contributed by atoms with Crippen molar-refractivity contribution in [3.63, 3.8) is 0 Å². The van der Waals surface area contributed by atoms with E-state index in [0.29, 0.717) is 10.6 Å². The highest BCUT2D eigenvalue weighted by molar-refractivity contribution is 7.89. The van der Waals surface area contributed by atoms with Crippen molar-refractivity contribution in [2.24, 2.45) is 0 Å². The predicted molar refractivity (Wildman–Crippen MR) is 100 cm³/mol. The zero-order valence-electron chi connectivity index (χ0n) is 13.7. The molecular formula is C16H16ClFN2O5S2. The maximum Gasteiger partial charge on any atom is 0.281 e. The smallest absolute Gasteiger partial charge is 0.281 e. The lowest BCUT2D eigenvalue weighted by molar-refractivity contribution is -0.131. The Labute approximate surface area is 165 Å². The minimum Gasteiger partial charge on any atom is -0.481 e. The van der Waals surface area contributed by atoms with Crippen LogP contribution in [0.3, 0.4) is 0 Å². The fourth-order valence-electron chi connectivity index (χ4n) is 2.02. The van der Waals surface area contributed by atoms with Crippen LogP contribution in [0, 0.1) is 5.82 Å². The molecule has 0 radical (unpaired) electrons. The van der Waals surface area contributed by atoms with Crippen LogP contribution in [0.5, 0.6) is 5.75 Å². The Morgan fingerprint density at radius 1 is 1.26 bits per heavy atom. The van der Waals surface area contributed by atoms with Crippen molar-refractivity contribution in [2.45, 2.75) is 10.1 Å². The van der Waals surface area contributed by atoms with E-state index in [9.17, 15) is 17.6 Å². The first kappa shape index (κ1) is 21.5. The molecule has 0 saturated heterocycles. The van der Waals surface area contributed by atoms with E-state index in [0.717, 1.165) is 6.07 Å². The number of benzene rings is 2. The molecule has 0 heterocycles. The number of thiol groups is 1. The van der Waals surface area contributed by atoms with Crippen molar-refractivity contribution >= 4 is 40.2 Å². The molecule has 2 aromatic rings. The van der Waals surface area contributed by atoms with Gasteiger partial charge in [0.15, 0.2) is 18.2 Å². The van der Waals surface area contributed by atoms with Gasteiger partial charge >= 0.3 is 0 Å². The molecule has 146 valence electrons. The quantitative estimate of drug-likeness (QED) is 0.290. The van der Waals surface area contributed by atoms with Crippen LogP contribution in [0.4, 0.5) is 4.39 Å². The Morgan fingerprint density at radius 2 is 1.93 bits per heavy atom. The maximum absolute atomic E-state index is 14.0. The second-order valence-corrected chi connectivity index (χ2v) is 8.16. The molecule has 1 amide bonds. The van der Waals surface area contributed by atoms with Gasteiger partial charge in [-0.15, -0.1) is 0 Å². The van der Waals surface area contributed by atoms with Gasteiger partial charge in [0.1, 0.15) is 0 Å². The Kier molecular flexibility index (Phi) is 7.45. The summed E-state index contributed by atoms with van der Waals surface area (Å²) < 4.78 is 45.8. The fourth-order valence-corrected chi connectivity index (χ4v) is 3.57. The standard InChI is InChI=1S/C16H16ClFN2O5S2/c17-11-2-4-12(5-3-11)27(23,24)19-8-15(26)10-1-6-14(13(18)7-10)25-9-16(21)20-22/h1-7,15,19,22,26H,8-9H2,(H,20,21). The molecule has 0 saturated carbocycles. The maximum atomic E-state index is 14.0. The second kappa shape index (κ2) is 9.38. The van der Waals surface area contributed by atoms with Crippen LogP contribution in [0.1, 0.15) is 10.8 Å². The first-order chi connectivity index (χ1) is 12.7. The van der Waals surface area contributed by atoms with Crippen molar-refractivity contribution in [1.82, 2.24) is 10.2 Å². The van der Waals surface area contributed by atoms with Gasteiger partial charge in [0.25, 0.3) is 5.91 Å². The second-order valence-electron chi connectivity index (χ2n) is 5.34. The summed E-state index contributed by atoms with van der Waals surface area (Å²) in [6, 6.07) is 9.55. The lowest BCUT2D eigenvalue weighted by Crippen LogP contribution is -2.27. The third-order valence-corrected chi connectivity index (χ3v) is 5.59. The Balaban J connectivity index is 2.01. The van der Waals surface area contributed by atoms with Gasteiger partial charge in [-0.25, -0.2) is 23.0 Å². The molecule has 0 aliphatic heterocycles. The largest absolute Gasteiger partial charge is 0.481 e. The number of sulfonamides is 1. The van der Waals surface area contributed by atoms with Crippen molar-refractivity contribution < 1.29 is 27.5 Å². The van der Waals surface area contributed by atoms with E-state index >= 15 is 0 Å². The summed E-state index contributed by atoms with van der Waals surface area (Å²) >= 11 is 10.0. The van der Waals surface area contributed by atoms with Gasteiger partial charge in [-0.05, 0) is 42.0 Å². The summed E-state index contributed by atoms with van der Waals surface area (Å²) in [6.45, 7) is -0.640. The van der Waals surface area contributed by atoms with Crippen LogP contribution in [-0.2, 0) is 14.8 Å². The molecule has 7 nitrogen and oxygen atoms in total. The molecule has 2 rings (SSSR count). The van der Waals surface area contributed by atoms with Gasteiger partial charge in [-0.3, -0.25) is 10.0 Å². The van der Waals surface area contributed by atoms with Crippen LogP contribution >= 0.6 is 24.2 Å². The first-order valence-electron chi connectivity index (χ1n) is 7.51. The summed E-state index contributed by atoms with van der Waals surface area (Å²) in [5.41, 5.74) is 1.77. The van der Waals surface area contributed by atoms with E-state index in [2.05, 4.69) is 17.4 Å². The van der Waals surface area contributed by atoms with E-state index in [4.69, 9.17) is 21.5 Å². The third-order valence-electron chi connectivity index (χ3n) is 3.41. The minimum atomic E-state index is -3.76. The Hall–Kier alpha value is -1.85. The number of rotatable bonds is 8. The van der Waals surface area contributed by atoms with E-state index in [1.165, 1.54) is 41.9 Å². The van der Waals surface area contributed by atoms with E-state index < -0.39 is 33.6 Å². The number of amides is 1. The summed E-state index contributed by atoms with van der Waals surface area (Å²) in [6.07, 6.45) is 0. The predicted octanol–water partition coefficient (Wildman–Crippen LogP) is 2.31. The lowest BCUT2D eigenvalue weighted by Gasteiger charge is -2.14. The number of ether oxygens (including phenoxy) is 1. The summed E-state index contributed by atoms with van der Waals surface area (Å²) in [5.74, 6) is -1.77. The summed E-state index contributed by atoms with van der Waals surface area (Å²) in [7, 11) is -3.76. The first-order valence-corrected chi connectivity index (χ1v) is 9.89. The molecule has 2 aromatic carbocycles. The number of carbonyl (C=O) groups is 1. The van der Waals surface area contributed by atoms with Gasteiger partial charge in [-0.2, -0.15) is 12.6 Å². The number of hydrogen-bond donors (Lipinski definition) is 4. The van der Waals surface area contributed by atoms with Crippen molar-refractivity contribution in [3.05, 3.63) is 58.9 Å². The highest BCUT2D eigenvalue weighted by Gasteiger charge is 2.17. The topological polar surface area (TPSA) is 105 Å². The molecule has 0 aliphatic carbocycles. The molecule has 11 heteroatoms. The number of carbonyl (C=O) groups excluding carboxylic acids is 1. The van der Waals surface area contributed by atoms with E-state index in [-0.39, 0.29) is 17.2 Å². The van der Waals surface area contributed by atoms with Crippen molar-refractivity contribution in [2.75, 3.05) is 13.2 Å². The van der Waals surface area contributed by atoms with Crippen molar-refractivity contribution in [3.8, 4) is 5.75 Å². The average Bonchev–Trinajstić information content (AvgIpc) is 2.65. The van der Waals surface area contributed by atoms with Gasteiger partial charge in [-0.1, -0.05) is 17.7 Å². The lowest BCUT2D eigenvalue weighted by atomic mass is 10.1. The molecule has 0 bridgehead atoms. The fraction of sp³-hybridized carbons (Fsp3) is 0.188. The van der Waals surface area contributed by atoms with Crippen LogP contribution < -0.4 is 14.9 Å². The van der Waals surface area contributed by atoms with E-state index in [1.807, 2.05) is 0 Å². The van der Waals surface area contributed by atoms with Gasteiger partial charge < -0.3 is 4.74 Å². The minimum absolute atomic E-state index is 0.0459. The number of hydrogen-bond acceptors (Lipinski definition) is 6. The van der Waals surface area contributed by atoms with Gasteiger partial charge in [0, 0.05) is 16.8 Å². The Bertz CT molecular complexity index is 910. The van der Waals surface area contributed by atoms with Crippen molar-refractivity contribution in [1.29, 1.82) is 0 Å². The number of hydroxylamine groups is 1. The van der Waals surface area contributed by atoms with Crippen LogP contribution in [0.15, 0.2) is 47.4 Å². The molecular weight excluding hydrogens is 419 g/mol. The SMILES string of the molecule is O=C(COc1ccc(C(S)CNS(=O)(=O)c2ccc(Cl)cc2)cc1F)NO. The van der Waals surface area contributed by atoms with Gasteiger partial charge in [0.2, 0.25) is 10.0 Å². The normalized spacial score (nSPS) is 12.4. The Morgan fingerprint density at radius 3 is 2.52 bits per heavy atom. The van der Waals surface area contributed by atoms with Crippen LogP contribution in [0.2, 0.25) is 5.02 Å². The zero-order chi connectivity index (χ0) is 20.0. The number of nitrogens with one attached hydrogen (secondary N) is 2. The van der Waals surface area contributed by atoms with E-state index in [1.54, 1.807) is 0 Å². The summed E-state index contributed by atoms with van der Waals surface area (Å²) in [4.78, 5) is 10.9. The van der Waals surface area contributed by atoms with Gasteiger partial charge in [0.05, 0.1) is 4.90 Å². The highest BCUT2D eigenvalue weighted by atomic mass is 35.5.